The molecular formula is C29H33F2N3O3. The van der Waals surface area contributed by atoms with Crippen LogP contribution in [0.1, 0.15) is 50.6 Å². The molecule has 0 amide bonds. The van der Waals surface area contributed by atoms with E-state index in [9.17, 15) is 9.18 Å². The molecule has 6 nitrogen and oxygen atoms in total. The average molecular weight is 510 g/mol. The highest BCUT2D eigenvalue weighted by Gasteiger charge is 2.32. The van der Waals surface area contributed by atoms with Crippen LogP contribution in [0.25, 0.3) is 0 Å². The summed E-state index contributed by atoms with van der Waals surface area (Å²) < 4.78 is 38.9. The third kappa shape index (κ3) is 6.31. The molecule has 0 N–H and O–H groups in total. The molecule has 1 aromatic heterocycles. The molecule has 3 rings (SSSR count). The monoisotopic (exact) mass is 509 g/mol. The number of carbonyl (C=O) groups is 1. The van der Waals surface area contributed by atoms with Crippen LogP contribution in [0.3, 0.4) is 0 Å². The van der Waals surface area contributed by atoms with Gasteiger partial charge in [0.15, 0.2) is 5.82 Å². The smallest absolute Gasteiger partial charge is 0.330 e. The van der Waals surface area contributed by atoms with E-state index in [4.69, 9.17) is 19.4 Å². The maximum absolute atomic E-state index is 15.1. The fraction of sp³-hybridized carbons (Fsp3) is 0.345. The topological polar surface area (TPSA) is 64.5 Å². The van der Waals surface area contributed by atoms with Crippen LogP contribution in [0, 0.1) is 11.6 Å². The summed E-state index contributed by atoms with van der Waals surface area (Å²) in [4.78, 5) is 23.3. The zero-order valence-corrected chi connectivity index (χ0v) is 21.9. The Labute approximate surface area is 217 Å². The first-order chi connectivity index (χ1) is 17.8. The lowest BCUT2D eigenvalue weighted by atomic mass is 9.77. The lowest BCUT2D eigenvalue weighted by molar-refractivity contribution is -0.134. The molecule has 0 saturated heterocycles. The van der Waals surface area contributed by atoms with Crippen molar-refractivity contribution < 1.29 is 23.0 Å². The largest absolute Gasteiger partial charge is 0.497 e. The lowest BCUT2D eigenvalue weighted by Gasteiger charge is -2.31. The molecule has 196 valence electrons. The van der Waals surface area contributed by atoms with Crippen LogP contribution in [0.4, 0.5) is 20.3 Å². The molecule has 8 heteroatoms. The second-order valence-corrected chi connectivity index (χ2v) is 8.63. The molecule has 0 spiro atoms. The number of ether oxygens (including phenoxy) is 2. The van der Waals surface area contributed by atoms with Gasteiger partial charge in [0, 0.05) is 24.1 Å². The molecule has 0 bridgehead atoms. The van der Waals surface area contributed by atoms with Gasteiger partial charge in [0.05, 0.1) is 37.5 Å². The van der Waals surface area contributed by atoms with E-state index in [0.717, 1.165) is 17.3 Å². The summed E-state index contributed by atoms with van der Waals surface area (Å²) in [6, 6.07) is 10.9. The first-order valence-electron chi connectivity index (χ1n) is 12.3. The van der Waals surface area contributed by atoms with Crippen LogP contribution in [0.15, 0.2) is 60.8 Å². The van der Waals surface area contributed by atoms with Crippen molar-refractivity contribution in [1.29, 1.82) is 0 Å². The van der Waals surface area contributed by atoms with Gasteiger partial charge in [-0.1, -0.05) is 39.0 Å². The Morgan fingerprint density at radius 1 is 1.05 bits per heavy atom. The minimum absolute atomic E-state index is 0.172. The van der Waals surface area contributed by atoms with Gasteiger partial charge >= 0.3 is 5.97 Å². The van der Waals surface area contributed by atoms with Gasteiger partial charge in [0.1, 0.15) is 17.4 Å². The third-order valence-electron chi connectivity index (χ3n) is 6.62. The molecule has 0 fully saturated rings. The zero-order valence-electron chi connectivity index (χ0n) is 21.9. The SMILES string of the molecule is CCc1ncc(N(Cc2ccc(OC)cc2)c2ccc(F)cc2F)nc1C(/C=C/C(=O)OC)(CC)CC. The number of hydrogen-bond donors (Lipinski definition) is 0. The van der Waals surface area contributed by atoms with Gasteiger partial charge < -0.3 is 14.4 Å². The van der Waals surface area contributed by atoms with Crippen molar-refractivity contribution in [3.63, 3.8) is 0 Å². The first-order valence-corrected chi connectivity index (χ1v) is 12.3. The highest BCUT2D eigenvalue weighted by Crippen LogP contribution is 2.37. The fourth-order valence-electron chi connectivity index (χ4n) is 4.29. The summed E-state index contributed by atoms with van der Waals surface area (Å²) >= 11 is 0. The van der Waals surface area contributed by atoms with E-state index in [0.29, 0.717) is 36.5 Å². The molecule has 0 atom stereocenters. The number of aromatic nitrogens is 2. The van der Waals surface area contributed by atoms with E-state index >= 15 is 4.39 Å². The van der Waals surface area contributed by atoms with Crippen molar-refractivity contribution in [3.8, 4) is 5.75 Å². The summed E-state index contributed by atoms with van der Waals surface area (Å²) in [5, 5.41) is 0. The molecule has 1 heterocycles. The molecule has 0 unspecified atom stereocenters. The van der Waals surface area contributed by atoms with E-state index in [1.165, 1.54) is 25.3 Å². The molecule has 3 aromatic rings. The number of carbonyl (C=O) groups excluding carboxylic acids is 1. The van der Waals surface area contributed by atoms with Crippen LogP contribution >= 0.6 is 0 Å². The van der Waals surface area contributed by atoms with E-state index in [2.05, 4.69) is 0 Å². The maximum Gasteiger partial charge on any atom is 0.330 e. The summed E-state index contributed by atoms with van der Waals surface area (Å²) in [5.74, 6) is -0.720. The number of aryl methyl sites for hydroxylation is 1. The Hall–Kier alpha value is -3.81. The standard InChI is InChI=1S/C29H33F2N3O3/c1-6-24-28(29(7-2,8-3)16-15-27(35)37-5)33-26(18-32-24)34(25-14-11-21(30)17-23(25)31)19-20-9-12-22(36-4)13-10-20/h9-18H,6-8,19H2,1-5H3/b16-15+. The summed E-state index contributed by atoms with van der Waals surface area (Å²) in [6.45, 7) is 6.29. The number of halogens is 2. The van der Waals surface area contributed by atoms with Crippen molar-refractivity contribution in [3.05, 3.63) is 89.4 Å². The molecule has 37 heavy (non-hydrogen) atoms. The molecule has 0 aliphatic rings. The van der Waals surface area contributed by atoms with Crippen molar-refractivity contribution in [2.45, 2.75) is 52.0 Å². The fourth-order valence-corrected chi connectivity index (χ4v) is 4.29. The maximum atomic E-state index is 15.1. The number of hydrogen-bond acceptors (Lipinski definition) is 6. The first kappa shape index (κ1) is 27.8. The predicted octanol–water partition coefficient (Wildman–Crippen LogP) is 6.45. The van der Waals surface area contributed by atoms with Gasteiger partial charge in [-0.2, -0.15) is 0 Å². The van der Waals surface area contributed by atoms with Crippen LogP contribution < -0.4 is 9.64 Å². The van der Waals surface area contributed by atoms with E-state index in [1.807, 2.05) is 51.1 Å². The summed E-state index contributed by atoms with van der Waals surface area (Å²) in [5.41, 5.74) is 1.95. The molecule has 0 radical (unpaired) electrons. The molecule has 0 saturated carbocycles. The number of allylic oxidation sites excluding steroid dienone is 1. The minimum Gasteiger partial charge on any atom is -0.497 e. The van der Waals surface area contributed by atoms with E-state index in [1.54, 1.807) is 18.2 Å². The third-order valence-corrected chi connectivity index (χ3v) is 6.62. The van der Waals surface area contributed by atoms with Gasteiger partial charge in [-0.15, -0.1) is 0 Å². The van der Waals surface area contributed by atoms with E-state index < -0.39 is 23.0 Å². The Bertz CT molecular complexity index is 1240. The molecular weight excluding hydrogens is 476 g/mol. The molecule has 0 aliphatic carbocycles. The minimum atomic E-state index is -0.709. The Morgan fingerprint density at radius 3 is 2.32 bits per heavy atom. The number of benzene rings is 2. The molecule has 2 aromatic carbocycles. The average Bonchev–Trinajstić information content (AvgIpc) is 2.93. The zero-order chi connectivity index (χ0) is 27.0. The predicted molar refractivity (Wildman–Crippen MR) is 140 cm³/mol. The number of rotatable bonds is 11. The Kier molecular flexibility index (Phi) is 9.33. The van der Waals surface area contributed by atoms with Crippen LogP contribution in [-0.2, 0) is 27.9 Å². The van der Waals surface area contributed by atoms with Crippen LogP contribution in [0.5, 0.6) is 5.75 Å². The number of anilines is 2. The van der Waals surface area contributed by atoms with Crippen LogP contribution in [0.2, 0.25) is 0 Å². The number of nitrogens with zero attached hydrogens (tertiary/aromatic N) is 3. The Balaban J connectivity index is 2.18. The summed E-state index contributed by atoms with van der Waals surface area (Å²) in [6.07, 6.45) is 6.78. The van der Waals surface area contributed by atoms with Gasteiger partial charge in [-0.05, 0) is 49.1 Å². The number of esters is 1. The van der Waals surface area contributed by atoms with E-state index in [-0.39, 0.29) is 12.2 Å². The number of methoxy groups -OCH3 is 2. The van der Waals surface area contributed by atoms with Crippen LogP contribution in [-0.4, -0.2) is 30.2 Å². The normalized spacial score (nSPS) is 11.5. The summed E-state index contributed by atoms with van der Waals surface area (Å²) in [7, 11) is 2.92. The van der Waals surface area contributed by atoms with Crippen molar-refractivity contribution in [2.75, 3.05) is 19.1 Å². The second kappa shape index (κ2) is 12.4. The van der Waals surface area contributed by atoms with Crippen molar-refractivity contribution in [1.82, 2.24) is 9.97 Å². The van der Waals surface area contributed by atoms with Gasteiger partial charge in [0.2, 0.25) is 0 Å². The molecule has 0 aliphatic heterocycles. The van der Waals surface area contributed by atoms with Crippen molar-refractivity contribution >= 4 is 17.5 Å². The second-order valence-electron chi connectivity index (χ2n) is 8.63. The van der Waals surface area contributed by atoms with Gasteiger partial charge in [0.25, 0.3) is 0 Å². The van der Waals surface area contributed by atoms with Gasteiger partial charge in [-0.25, -0.2) is 18.6 Å². The quantitative estimate of drug-likeness (QED) is 0.219. The van der Waals surface area contributed by atoms with Crippen molar-refractivity contribution in [2.24, 2.45) is 0 Å². The lowest BCUT2D eigenvalue weighted by Crippen LogP contribution is -2.28. The Morgan fingerprint density at radius 2 is 1.76 bits per heavy atom. The highest BCUT2D eigenvalue weighted by molar-refractivity contribution is 5.82. The van der Waals surface area contributed by atoms with Gasteiger partial charge in [-0.3, -0.25) is 4.98 Å². The highest BCUT2D eigenvalue weighted by atomic mass is 19.1.